The third kappa shape index (κ3) is 4.06. The minimum absolute atomic E-state index is 0.406. The van der Waals surface area contributed by atoms with E-state index < -0.39 is 12.9 Å². The Balaban J connectivity index is 2.22. The van der Waals surface area contributed by atoms with E-state index in [1.165, 1.54) is 0 Å². The number of hydrogen-bond donors (Lipinski definition) is 0. The third-order valence-corrected chi connectivity index (χ3v) is 7.25. The molecule has 0 fully saturated rings. The third-order valence-electron chi connectivity index (χ3n) is 5.08. The van der Waals surface area contributed by atoms with Crippen LogP contribution in [0.4, 0.5) is 0 Å². The molecule has 0 amide bonds. The number of hydrogen-bond acceptors (Lipinski definition) is 3. The molecule has 1 atom stereocenters. The molecule has 0 aliphatic heterocycles. The second-order valence-electron chi connectivity index (χ2n) is 7.79. The van der Waals surface area contributed by atoms with Crippen LogP contribution in [0.2, 0.25) is 0 Å². The van der Waals surface area contributed by atoms with Gasteiger partial charge in [-0.2, -0.15) is 0 Å². The van der Waals surface area contributed by atoms with Crippen LogP contribution in [0.3, 0.4) is 0 Å². The fourth-order valence-corrected chi connectivity index (χ4v) is 6.12. The topological polar surface area (TPSA) is 43.4 Å². The summed E-state index contributed by atoms with van der Waals surface area (Å²) in [5.41, 5.74) is 5.53. The maximum Gasteiger partial charge on any atom is 0.346 e. The molecule has 0 saturated carbocycles. The van der Waals surface area contributed by atoms with Gasteiger partial charge >= 0.3 is 7.37 Å². The van der Waals surface area contributed by atoms with Crippen LogP contribution in [0, 0.1) is 41.5 Å². The number of carbonyl (C=O) groups is 1. The van der Waals surface area contributed by atoms with E-state index in [1.807, 2.05) is 71.9 Å². The Labute approximate surface area is 173 Å². The molecule has 3 rings (SSSR count). The van der Waals surface area contributed by atoms with Crippen molar-refractivity contribution in [3.8, 4) is 5.75 Å². The lowest BCUT2D eigenvalue weighted by molar-refractivity contribution is 0.106. The summed E-state index contributed by atoms with van der Waals surface area (Å²) >= 11 is 0. The van der Waals surface area contributed by atoms with Crippen LogP contribution in [0.5, 0.6) is 5.75 Å². The van der Waals surface area contributed by atoms with E-state index >= 15 is 0 Å². The van der Waals surface area contributed by atoms with Gasteiger partial charge in [0, 0.05) is 5.56 Å². The lowest BCUT2D eigenvalue weighted by atomic mass is 10.0. The molecule has 4 heteroatoms. The summed E-state index contributed by atoms with van der Waals surface area (Å²) in [6.07, 6.45) is 0. The molecule has 3 aromatic rings. The monoisotopic (exact) mass is 406 g/mol. The standard InChI is InChI=1S/C25H27O3P/c1-16-12-18(3)23(19(4)13-16)25(26)29(27,22-10-8-7-9-11-22)28-24-20(5)14-17(2)15-21(24)6/h7-15H,1-6H3. The van der Waals surface area contributed by atoms with Gasteiger partial charge in [0.25, 0.3) is 5.52 Å². The van der Waals surface area contributed by atoms with Gasteiger partial charge in [0.2, 0.25) is 0 Å². The quantitative estimate of drug-likeness (QED) is 0.463. The van der Waals surface area contributed by atoms with Crippen LogP contribution in [0.15, 0.2) is 54.6 Å². The first-order valence-corrected chi connectivity index (χ1v) is 11.3. The van der Waals surface area contributed by atoms with Crippen molar-refractivity contribution >= 4 is 18.2 Å². The molecule has 0 heterocycles. The smallest absolute Gasteiger partial charge is 0.346 e. The Hall–Kier alpha value is -2.64. The second kappa shape index (κ2) is 8.00. The number of carbonyl (C=O) groups excluding carboxylic acids is 1. The molecule has 3 nitrogen and oxygen atoms in total. The number of rotatable bonds is 5. The molecule has 0 aliphatic rings. The highest BCUT2D eigenvalue weighted by molar-refractivity contribution is 7.83. The molecule has 0 aliphatic carbocycles. The number of aryl methyl sites for hydroxylation is 6. The van der Waals surface area contributed by atoms with Crippen molar-refractivity contribution in [2.24, 2.45) is 0 Å². The van der Waals surface area contributed by atoms with Crippen molar-refractivity contribution in [2.75, 3.05) is 0 Å². The van der Waals surface area contributed by atoms with Gasteiger partial charge < -0.3 is 4.52 Å². The Morgan fingerprint density at radius 2 is 1.17 bits per heavy atom. The zero-order chi connectivity index (χ0) is 21.3. The van der Waals surface area contributed by atoms with Crippen LogP contribution in [0.25, 0.3) is 0 Å². The summed E-state index contributed by atoms with van der Waals surface area (Å²) < 4.78 is 20.5. The molecule has 0 aromatic heterocycles. The minimum atomic E-state index is -3.88. The van der Waals surface area contributed by atoms with Crippen molar-refractivity contribution in [1.29, 1.82) is 0 Å². The first-order valence-electron chi connectivity index (χ1n) is 9.69. The van der Waals surface area contributed by atoms with Gasteiger partial charge in [-0.3, -0.25) is 9.36 Å². The highest BCUT2D eigenvalue weighted by atomic mass is 31.2. The fraction of sp³-hybridized carbons (Fsp3) is 0.240. The van der Waals surface area contributed by atoms with Crippen LogP contribution < -0.4 is 9.83 Å². The molecular formula is C25H27O3P. The Morgan fingerprint density at radius 1 is 0.724 bits per heavy atom. The van der Waals surface area contributed by atoms with E-state index in [-0.39, 0.29) is 0 Å². The average Bonchev–Trinajstić information content (AvgIpc) is 2.64. The van der Waals surface area contributed by atoms with E-state index in [1.54, 1.807) is 24.3 Å². The van der Waals surface area contributed by atoms with E-state index in [2.05, 4.69) is 0 Å². The highest BCUT2D eigenvalue weighted by Crippen LogP contribution is 2.51. The van der Waals surface area contributed by atoms with Gasteiger partial charge in [0.05, 0.1) is 5.30 Å². The molecular weight excluding hydrogens is 379 g/mol. The molecule has 0 spiro atoms. The molecule has 0 N–H and O–H groups in total. The maximum atomic E-state index is 14.3. The molecule has 0 bridgehead atoms. The van der Waals surface area contributed by atoms with Crippen LogP contribution in [-0.4, -0.2) is 5.52 Å². The predicted molar refractivity (Wildman–Crippen MR) is 120 cm³/mol. The van der Waals surface area contributed by atoms with Crippen LogP contribution in [0.1, 0.15) is 43.7 Å². The minimum Gasteiger partial charge on any atom is -0.434 e. The fourth-order valence-electron chi connectivity index (χ4n) is 3.94. The summed E-state index contributed by atoms with van der Waals surface area (Å²) in [7, 11) is -3.88. The molecule has 1 unspecified atom stereocenters. The summed E-state index contributed by atoms with van der Waals surface area (Å²) in [6.45, 7) is 11.6. The molecule has 150 valence electrons. The lowest BCUT2D eigenvalue weighted by Gasteiger charge is -2.23. The predicted octanol–water partition coefficient (Wildman–Crippen LogP) is 6.36. The Morgan fingerprint density at radius 3 is 1.66 bits per heavy atom. The summed E-state index contributed by atoms with van der Waals surface area (Å²) in [5, 5.41) is 0.406. The normalized spacial score (nSPS) is 13.0. The van der Waals surface area contributed by atoms with Gasteiger partial charge in [-0.1, -0.05) is 53.6 Å². The largest absolute Gasteiger partial charge is 0.434 e. The van der Waals surface area contributed by atoms with Crippen LogP contribution >= 0.6 is 7.37 Å². The molecule has 0 saturated heterocycles. The first kappa shape index (κ1) is 21.1. The number of benzene rings is 3. The molecule has 0 radical (unpaired) electrons. The van der Waals surface area contributed by atoms with Crippen molar-refractivity contribution in [3.63, 3.8) is 0 Å². The zero-order valence-electron chi connectivity index (χ0n) is 17.9. The average molecular weight is 406 g/mol. The van der Waals surface area contributed by atoms with Gasteiger partial charge in [-0.05, 0) is 75.9 Å². The second-order valence-corrected chi connectivity index (χ2v) is 9.99. The van der Waals surface area contributed by atoms with Gasteiger partial charge in [0.1, 0.15) is 5.75 Å². The van der Waals surface area contributed by atoms with E-state index in [0.29, 0.717) is 16.6 Å². The van der Waals surface area contributed by atoms with Crippen molar-refractivity contribution in [1.82, 2.24) is 0 Å². The highest BCUT2D eigenvalue weighted by Gasteiger charge is 2.39. The van der Waals surface area contributed by atoms with E-state index in [9.17, 15) is 9.36 Å². The Kier molecular flexibility index (Phi) is 5.82. The van der Waals surface area contributed by atoms with Gasteiger partial charge in [0.15, 0.2) is 0 Å². The summed E-state index contributed by atoms with van der Waals surface area (Å²) in [6, 6.07) is 16.6. The van der Waals surface area contributed by atoms with Crippen molar-refractivity contribution in [2.45, 2.75) is 41.5 Å². The summed E-state index contributed by atoms with van der Waals surface area (Å²) in [4.78, 5) is 13.7. The van der Waals surface area contributed by atoms with E-state index in [0.717, 1.165) is 33.4 Å². The molecule has 29 heavy (non-hydrogen) atoms. The van der Waals surface area contributed by atoms with Crippen LogP contribution in [-0.2, 0) is 4.57 Å². The Bertz CT molecular complexity index is 1080. The maximum absolute atomic E-state index is 14.3. The van der Waals surface area contributed by atoms with Crippen molar-refractivity contribution in [3.05, 3.63) is 93.5 Å². The summed E-state index contributed by atoms with van der Waals surface area (Å²) in [5.74, 6) is 0.513. The van der Waals surface area contributed by atoms with E-state index in [4.69, 9.17) is 4.52 Å². The lowest BCUT2D eigenvalue weighted by Crippen LogP contribution is -2.20. The van der Waals surface area contributed by atoms with Gasteiger partial charge in [-0.15, -0.1) is 0 Å². The molecule has 3 aromatic carbocycles. The first-order chi connectivity index (χ1) is 13.6. The zero-order valence-corrected chi connectivity index (χ0v) is 18.8. The SMILES string of the molecule is Cc1cc(C)c(OP(=O)(C(=O)c2c(C)cc(C)cc2C)c2ccccc2)c(C)c1. The van der Waals surface area contributed by atoms with Crippen molar-refractivity contribution < 1.29 is 13.9 Å². The van der Waals surface area contributed by atoms with Gasteiger partial charge in [-0.25, -0.2) is 0 Å².